The largest absolute Gasteiger partial charge is 0.573 e. The predicted molar refractivity (Wildman–Crippen MR) is 92.8 cm³/mol. The summed E-state index contributed by atoms with van der Waals surface area (Å²) >= 11 is 6.09. The highest BCUT2D eigenvalue weighted by molar-refractivity contribution is 6.32. The molecular weight excluding hydrogens is 371 g/mol. The molecule has 4 nitrogen and oxygen atoms in total. The Labute approximate surface area is 153 Å². The van der Waals surface area contributed by atoms with Gasteiger partial charge in [-0.15, -0.1) is 13.2 Å². The Balaban J connectivity index is 1.98. The van der Waals surface area contributed by atoms with Crippen LogP contribution in [0.1, 0.15) is 18.1 Å². The van der Waals surface area contributed by atoms with E-state index in [1.54, 1.807) is 19.1 Å². The SMILES string of the molecule is Cc1cc(O[C@H](C)C(=O)Nc2ccc(OC(F)(F)F)cc2)cc(C)c1Cl. The van der Waals surface area contributed by atoms with E-state index in [9.17, 15) is 18.0 Å². The van der Waals surface area contributed by atoms with E-state index in [-0.39, 0.29) is 5.75 Å². The minimum Gasteiger partial charge on any atom is -0.481 e. The first kappa shape index (κ1) is 19.9. The second kappa shape index (κ2) is 7.86. The van der Waals surface area contributed by atoms with E-state index in [0.717, 1.165) is 23.3 Å². The van der Waals surface area contributed by atoms with E-state index in [2.05, 4.69) is 10.1 Å². The molecule has 1 N–H and O–H groups in total. The maximum absolute atomic E-state index is 12.2. The number of amides is 1. The van der Waals surface area contributed by atoms with E-state index in [0.29, 0.717) is 16.5 Å². The number of aryl methyl sites for hydroxylation is 2. The summed E-state index contributed by atoms with van der Waals surface area (Å²) in [7, 11) is 0. The molecule has 0 heterocycles. The van der Waals surface area contributed by atoms with Gasteiger partial charge in [-0.3, -0.25) is 4.79 Å². The van der Waals surface area contributed by atoms with E-state index in [1.807, 2.05) is 13.8 Å². The monoisotopic (exact) mass is 387 g/mol. The zero-order chi connectivity index (χ0) is 19.5. The molecule has 0 radical (unpaired) electrons. The van der Waals surface area contributed by atoms with Gasteiger partial charge in [0.2, 0.25) is 0 Å². The summed E-state index contributed by atoms with van der Waals surface area (Å²) in [4.78, 5) is 12.2. The number of nitrogens with one attached hydrogen (secondary N) is 1. The molecule has 0 aliphatic carbocycles. The van der Waals surface area contributed by atoms with Crippen molar-refractivity contribution in [2.75, 3.05) is 5.32 Å². The molecule has 0 aliphatic rings. The highest BCUT2D eigenvalue weighted by Gasteiger charge is 2.31. The third kappa shape index (κ3) is 5.56. The molecule has 2 aromatic carbocycles. The quantitative estimate of drug-likeness (QED) is 0.761. The Morgan fingerprint density at radius 1 is 1.08 bits per heavy atom. The van der Waals surface area contributed by atoms with Crippen molar-refractivity contribution in [2.45, 2.75) is 33.2 Å². The number of hydrogen-bond acceptors (Lipinski definition) is 3. The minimum atomic E-state index is -4.76. The van der Waals surface area contributed by atoms with Gasteiger partial charge in [0.1, 0.15) is 11.5 Å². The summed E-state index contributed by atoms with van der Waals surface area (Å²) in [5.74, 6) is -0.312. The number of carbonyl (C=O) groups excluding carboxylic acids is 1. The van der Waals surface area contributed by atoms with Crippen LogP contribution >= 0.6 is 11.6 Å². The van der Waals surface area contributed by atoms with Crippen molar-refractivity contribution < 1.29 is 27.4 Å². The molecule has 0 bridgehead atoms. The Hall–Kier alpha value is -2.41. The number of alkyl halides is 3. The number of ether oxygens (including phenoxy) is 2. The number of hydrogen-bond donors (Lipinski definition) is 1. The van der Waals surface area contributed by atoms with Crippen molar-refractivity contribution in [1.29, 1.82) is 0 Å². The Kier molecular flexibility index (Phi) is 6.02. The van der Waals surface area contributed by atoms with Crippen molar-refractivity contribution in [2.24, 2.45) is 0 Å². The smallest absolute Gasteiger partial charge is 0.481 e. The molecule has 0 fully saturated rings. The maximum atomic E-state index is 12.2. The molecule has 0 saturated heterocycles. The van der Waals surface area contributed by atoms with E-state index >= 15 is 0 Å². The molecule has 0 spiro atoms. The van der Waals surface area contributed by atoms with E-state index in [4.69, 9.17) is 16.3 Å². The molecule has 1 amide bonds. The lowest BCUT2D eigenvalue weighted by molar-refractivity contribution is -0.274. The molecule has 0 aromatic heterocycles. The molecule has 0 aliphatic heterocycles. The average molecular weight is 388 g/mol. The maximum Gasteiger partial charge on any atom is 0.573 e. The van der Waals surface area contributed by atoms with Crippen LogP contribution in [-0.4, -0.2) is 18.4 Å². The number of carbonyl (C=O) groups is 1. The van der Waals surface area contributed by atoms with Crippen LogP contribution in [0.25, 0.3) is 0 Å². The van der Waals surface area contributed by atoms with Crippen molar-refractivity contribution >= 4 is 23.2 Å². The van der Waals surface area contributed by atoms with Gasteiger partial charge < -0.3 is 14.8 Å². The fourth-order valence-corrected chi connectivity index (χ4v) is 2.32. The summed E-state index contributed by atoms with van der Waals surface area (Å²) in [6.07, 6.45) is -5.58. The number of anilines is 1. The molecule has 2 aromatic rings. The molecule has 0 saturated carbocycles. The van der Waals surface area contributed by atoms with Gasteiger partial charge in [0.25, 0.3) is 5.91 Å². The van der Waals surface area contributed by atoms with Crippen LogP contribution in [0.2, 0.25) is 5.02 Å². The first-order valence-electron chi connectivity index (χ1n) is 7.65. The van der Waals surface area contributed by atoms with Gasteiger partial charge in [-0.2, -0.15) is 0 Å². The number of rotatable bonds is 5. The van der Waals surface area contributed by atoms with Crippen molar-refractivity contribution in [3.8, 4) is 11.5 Å². The van der Waals surface area contributed by atoms with Gasteiger partial charge in [0.15, 0.2) is 6.10 Å². The fraction of sp³-hybridized carbons (Fsp3) is 0.278. The lowest BCUT2D eigenvalue weighted by Gasteiger charge is -2.16. The van der Waals surface area contributed by atoms with Gasteiger partial charge in [-0.1, -0.05) is 11.6 Å². The fourth-order valence-electron chi connectivity index (χ4n) is 2.22. The zero-order valence-corrected chi connectivity index (χ0v) is 15.0. The summed E-state index contributed by atoms with van der Waals surface area (Å²) in [6.45, 7) is 5.23. The molecule has 0 unspecified atom stereocenters. The van der Waals surface area contributed by atoms with Crippen LogP contribution in [0.5, 0.6) is 11.5 Å². The molecule has 1 atom stereocenters. The van der Waals surface area contributed by atoms with Crippen LogP contribution in [0.4, 0.5) is 18.9 Å². The Bertz CT molecular complexity index is 768. The molecule has 26 heavy (non-hydrogen) atoms. The first-order chi connectivity index (χ1) is 12.0. The Morgan fingerprint density at radius 3 is 2.12 bits per heavy atom. The molecule has 2 rings (SSSR count). The summed E-state index contributed by atoms with van der Waals surface area (Å²) < 4.78 is 45.8. The minimum absolute atomic E-state index is 0.323. The van der Waals surface area contributed by atoms with E-state index in [1.165, 1.54) is 12.1 Å². The second-order valence-corrected chi connectivity index (χ2v) is 6.07. The normalized spacial score (nSPS) is 12.4. The number of halogens is 4. The van der Waals surface area contributed by atoms with Crippen molar-refractivity contribution in [1.82, 2.24) is 0 Å². The van der Waals surface area contributed by atoms with Crippen LogP contribution in [-0.2, 0) is 4.79 Å². The Morgan fingerprint density at radius 2 is 1.62 bits per heavy atom. The van der Waals surface area contributed by atoms with Crippen LogP contribution in [0.3, 0.4) is 0 Å². The van der Waals surface area contributed by atoms with Gasteiger partial charge in [-0.05, 0) is 68.3 Å². The van der Waals surface area contributed by atoms with Gasteiger partial charge in [-0.25, -0.2) is 0 Å². The van der Waals surface area contributed by atoms with Crippen molar-refractivity contribution in [3.63, 3.8) is 0 Å². The summed E-state index contributed by atoms with van der Waals surface area (Å²) in [6, 6.07) is 8.29. The highest BCUT2D eigenvalue weighted by Crippen LogP contribution is 2.27. The third-order valence-electron chi connectivity index (χ3n) is 3.45. The molecule has 8 heteroatoms. The van der Waals surface area contributed by atoms with Gasteiger partial charge >= 0.3 is 6.36 Å². The molecule has 140 valence electrons. The highest BCUT2D eigenvalue weighted by atomic mass is 35.5. The lowest BCUT2D eigenvalue weighted by Crippen LogP contribution is -2.30. The summed E-state index contributed by atoms with van der Waals surface area (Å²) in [5.41, 5.74) is 1.98. The van der Waals surface area contributed by atoms with E-state index < -0.39 is 18.4 Å². The van der Waals surface area contributed by atoms with Gasteiger partial charge in [0, 0.05) is 10.7 Å². The zero-order valence-electron chi connectivity index (χ0n) is 14.3. The van der Waals surface area contributed by atoms with Gasteiger partial charge in [0.05, 0.1) is 0 Å². The third-order valence-corrected chi connectivity index (χ3v) is 4.04. The second-order valence-electron chi connectivity index (χ2n) is 5.69. The summed E-state index contributed by atoms with van der Waals surface area (Å²) in [5, 5.41) is 3.20. The van der Waals surface area contributed by atoms with Crippen LogP contribution in [0.15, 0.2) is 36.4 Å². The first-order valence-corrected chi connectivity index (χ1v) is 8.03. The van der Waals surface area contributed by atoms with Crippen LogP contribution in [0, 0.1) is 13.8 Å². The predicted octanol–water partition coefficient (Wildman–Crippen LogP) is 5.26. The number of benzene rings is 2. The van der Waals surface area contributed by atoms with Crippen molar-refractivity contribution in [3.05, 3.63) is 52.5 Å². The molecular formula is C18H17ClF3NO3. The topological polar surface area (TPSA) is 47.6 Å². The average Bonchev–Trinajstić information content (AvgIpc) is 2.53. The standard InChI is InChI=1S/C18H17ClF3NO3/c1-10-8-15(9-11(2)16(10)19)25-12(3)17(24)23-13-4-6-14(7-5-13)26-18(20,21)22/h4-9,12H,1-3H3,(H,23,24)/t12-/m1/s1. The lowest BCUT2D eigenvalue weighted by atomic mass is 10.1. The van der Waals surface area contributed by atoms with Crippen LogP contribution < -0.4 is 14.8 Å².